The molecule has 0 bridgehead atoms. The van der Waals surface area contributed by atoms with E-state index in [0.717, 1.165) is 28.7 Å². The van der Waals surface area contributed by atoms with Gasteiger partial charge in [-0.1, -0.05) is 16.8 Å². The predicted molar refractivity (Wildman–Crippen MR) is 60.3 cm³/mol. The summed E-state index contributed by atoms with van der Waals surface area (Å²) in [6.45, 7) is 1.96. The second-order valence-electron chi connectivity index (χ2n) is 3.53. The molecule has 2 aromatic heterocycles. The molecule has 1 fully saturated rings. The summed E-state index contributed by atoms with van der Waals surface area (Å²) in [5.74, 6) is 0. The van der Waals surface area contributed by atoms with Crippen LogP contribution in [0.3, 0.4) is 0 Å². The highest BCUT2D eigenvalue weighted by molar-refractivity contribution is 7.14. The molecule has 1 aliphatic heterocycles. The Hall–Kier alpha value is -0.910. The van der Waals surface area contributed by atoms with Crippen molar-refractivity contribution in [1.82, 2.24) is 20.3 Å². The highest BCUT2D eigenvalue weighted by Gasteiger charge is 2.20. The topological polar surface area (TPSA) is 42.7 Å². The van der Waals surface area contributed by atoms with E-state index < -0.39 is 0 Å². The lowest BCUT2D eigenvalue weighted by Gasteiger charge is -2.26. The minimum atomic E-state index is 0.460. The number of aromatic nitrogens is 3. The summed E-state index contributed by atoms with van der Waals surface area (Å²) in [7, 11) is 0. The molecule has 0 unspecified atom stereocenters. The van der Waals surface area contributed by atoms with Crippen LogP contribution in [0.4, 0.5) is 0 Å². The fourth-order valence-electron chi connectivity index (χ4n) is 1.48. The first-order chi connectivity index (χ1) is 7.33. The number of nitrogens with one attached hydrogen (secondary N) is 1. The van der Waals surface area contributed by atoms with Gasteiger partial charge in [-0.3, -0.25) is 0 Å². The smallest absolute Gasteiger partial charge is 0.123 e. The predicted octanol–water partition coefficient (Wildman–Crippen LogP) is 1.80. The van der Waals surface area contributed by atoms with E-state index >= 15 is 0 Å². The zero-order valence-corrected chi connectivity index (χ0v) is 9.42. The van der Waals surface area contributed by atoms with Gasteiger partial charge in [-0.15, -0.1) is 16.4 Å². The second-order valence-corrected chi connectivity index (χ2v) is 4.87. The molecule has 0 spiro atoms. The fourth-order valence-corrected chi connectivity index (χ4v) is 2.50. The van der Waals surface area contributed by atoms with Gasteiger partial charge in [0.15, 0.2) is 0 Å². The van der Waals surface area contributed by atoms with E-state index in [9.17, 15) is 0 Å². The quantitative estimate of drug-likeness (QED) is 0.871. The fraction of sp³-hybridized carbons (Fsp3) is 0.333. The molecule has 2 aromatic rings. The summed E-state index contributed by atoms with van der Waals surface area (Å²) in [4.78, 5) is 1.07. The van der Waals surface area contributed by atoms with Crippen molar-refractivity contribution in [3.05, 3.63) is 22.7 Å². The summed E-state index contributed by atoms with van der Waals surface area (Å²) in [6.07, 6.45) is 1.98. The molecule has 3 rings (SSSR count). The summed E-state index contributed by atoms with van der Waals surface area (Å²) >= 11 is 7.45. The largest absolute Gasteiger partial charge is 0.312 e. The van der Waals surface area contributed by atoms with Crippen LogP contribution in [0.5, 0.6) is 0 Å². The van der Waals surface area contributed by atoms with Gasteiger partial charge >= 0.3 is 0 Å². The minimum Gasteiger partial charge on any atom is -0.312 e. The summed E-state index contributed by atoms with van der Waals surface area (Å²) in [6, 6.07) is 2.38. The molecule has 78 valence electrons. The Balaban J connectivity index is 1.89. The molecule has 1 N–H and O–H groups in total. The van der Waals surface area contributed by atoms with E-state index in [1.165, 1.54) is 0 Å². The van der Waals surface area contributed by atoms with Crippen LogP contribution >= 0.6 is 22.9 Å². The lowest BCUT2D eigenvalue weighted by Crippen LogP contribution is -2.43. The van der Waals surface area contributed by atoms with Crippen molar-refractivity contribution in [1.29, 1.82) is 0 Å². The third kappa shape index (κ3) is 1.67. The summed E-state index contributed by atoms with van der Waals surface area (Å²) < 4.78 is 1.92. The third-order valence-corrected chi connectivity index (χ3v) is 3.76. The first-order valence-electron chi connectivity index (χ1n) is 4.70. The van der Waals surface area contributed by atoms with Gasteiger partial charge in [0.05, 0.1) is 22.1 Å². The zero-order valence-electron chi connectivity index (χ0n) is 7.85. The Morgan fingerprint density at radius 2 is 2.40 bits per heavy atom. The average Bonchev–Trinajstić information content (AvgIpc) is 2.70. The van der Waals surface area contributed by atoms with Gasteiger partial charge < -0.3 is 5.32 Å². The van der Waals surface area contributed by atoms with Crippen molar-refractivity contribution in [3.63, 3.8) is 0 Å². The molecule has 6 heteroatoms. The Kier molecular flexibility index (Phi) is 2.23. The highest BCUT2D eigenvalue weighted by Crippen LogP contribution is 2.28. The molecule has 0 aliphatic carbocycles. The Bertz CT molecular complexity index is 474. The zero-order chi connectivity index (χ0) is 10.3. The Morgan fingerprint density at radius 1 is 1.53 bits per heavy atom. The van der Waals surface area contributed by atoms with Gasteiger partial charge in [-0.2, -0.15) is 0 Å². The molecule has 0 atom stereocenters. The van der Waals surface area contributed by atoms with E-state index in [2.05, 4.69) is 15.6 Å². The van der Waals surface area contributed by atoms with Crippen LogP contribution in [0.2, 0.25) is 5.02 Å². The molecule has 0 aromatic carbocycles. The standard InChI is InChI=1S/C9H9ClN4S/c10-6-1-9(15-5-6)8-4-14(13-12-8)7-2-11-3-7/h1,4-5,7,11H,2-3H2. The van der Waals surface area contributed by atoms with Gasteiger partial charge in [0.25, 0.3) is 0 Å². The van der Waals surface area contributed by atoms with Gasteiger partial charge in [0.2, 0.25) is 0 Å². The van der Waals surface area contributed by atoms with Crippen molar-refractivity contribution < 1.29 is 0 Å². The van der Waals surface area contributed by atoms with Crippen molar-refractivity contribution in [2.45, 2.75) is 6.04 Å². The van der Waals surface area contributed by atoms with Gasteiger partial charge in [0.1, 0.15) is 5.69 Å². The average molecular weight is 241 g/mol. The maximum atomic E-state index is 5.86. The summed E-state index contributed by atoms with van der Waals surface area (Å²) in [5, 5.41) is 14.1. The number of hydrogen-bond acceptors (Lipinski definition) is 4. The Labute approximate surface area is 95.9 Å². The second kappa shape index (κ2) is 3.59. The molecular formula is C9H9ClN4S. The molecule has 1 aliphatic rings. The molecule has 4 nitrogen and oxygen atoms in total. The first kappa shape index (κ1) is 9.33. The molecule has 0 amide bonds. The first-order valence-corrected chi connectivity index (χ1v) is 5.95. The van der Waals surface area contributed by atoms with E-state index in [-0.39, 0.29) is 0 Å². The van der Waals surface area contributed by atoms with E-state index in [0.29, 0.717) is 6.04 Å². The maximum absolute atomic E-state index is 5.86. The van der Waals surface area contributed by atoms with Crippen molar-refractivity contribution in [2.75, 3.05) is 13.1 Å². The van der Waals surface area contributed by atoms with Crippen molar-refractivity contribution in [3.8, 4) is 10.6 Å². The van der Waals surface area contributed by atoms with Crippen LogP contribution < -0.4 is 5.32 Å². The number of nitrogens with zero attached hydrogens (tertiary/aromatic N) is 3. The number of thiophene rings is 1. The Morgan fingerprint density at radius 3 is 3.00 bits per heavy atom. The van der Waals surface area contributed by atoms with Gasteiger partial charge in [-0.05, 0) is 6.07 Å². The number of rotatable bonds is 2. The minimum absolute atomic E-state index is 0.460. The molecular weight excluding hydrogens is 232 g/mol. The van der Waals surface area contributed by atoms with Crippen LogP contribution in [-0.4, -0.2) is 28.1 Å². The van der Waals surface area contributed by atoms with Crippen LogP contribution in [-0.2, 0) is 0 Å². The molecule has 1 saturated heterocycles. The number of hydrogen-bond donors (Lipinski definition) is 1. The SMILES string of the molecule is Clc1csc(-c2cn(C3CNC3)nn2)c1. The van der Waals surface area contributed by atoms with Gasteiger partial charge in [-0.25, -0.2) is 4.68 Å². The lowest BCUT2D eigenvalue weighted by molar-refractivity contribution is 0.313. The molecule has 15 heavy (non-hydrogen) atoms. The van der Waals surface area contributed by atoms with Crippen molar-refractivity contribution in [2.24, 2.45) is 0 Å². The third-order valence-electron chi connectivity index (χ3n) is 2.46. The number of halogens is 1. The molecule has 3 heterocycles. The van der Waals surface area contributed by atoms with Crippen LogP contribution in [0, 0.1) is 0 Å². The normalized spacial score (nSPS) is 16.6. The maximum Gasteiger partial charge on any atom is 0.123 e. The van der Waals surface area contributed by atoms with Crippen LogP contribution in [0.25, 0.3) is 10.6 Å². The van der Waals surface area contributed by atoms with Crippen molar-refractivity contribution >= 4 is 22.9 Å². The molecule has 0 radical (unpaired) electrons. The van der Waals surface area contributed by atoms with E-state index in [1.54, 1.807) is 11.3 Å². The molecule has 0 saturated carbocycles. The van der Waals surface area contributed by atoms with Gasteiger partial charge in [0, 0.05) is 18.5 Å². The van der Waals surface area contributed by atoms with Crippen LogP contribution in [0.15, 0.2) is 17.6 Å². The monoisotopic (exact) mass is 240 g/mol. The summed E-state index contributed by atoms with van der Waals surface area (Å²) in [5.41, 5.74) is 0.902. The van der Waals surface area contributed by atoms with E-state index in [4.69, 9.17) is 11.6 Å². The van der Waals surface area contributed by atoms with E-state index in [1.807, 2.05) is 22.3 Å². The lowest BCUT2D eigenvalue weighted by atomic mass is 10.2. The highest BCUT2D eigenvalue weighted by atomic mass is 35.5. The van der Waals surface area contributed by atoms with Crippen LogP contribution in [0.1, 0.15) is 6.04 Å².